The second kappa shape index (κ2) is 11.7. The molecule has 0 aliphatic carbocycles. The molecule has 4 nitrogen and oxygen atoms in total. The first-order valence-electron chi connectivity index (χ1n) is 10.2. The molecule has 0 saturated heterocycles. The SMILES string of the molecule is CCCN(CCC)P(I)(N(CC)CC)(N(CC)CC)N(CC)CC. The molecule has 0 bridgehead atoms. The third-order valence-corrected chi connectivity index (χ3v) is 18.4. The summed E-state index contributed by atoms with van der Waals surface area (Å²) in [7, 11) is 0. The van der Waals surface area contributed by atoms with E-state index in [4.69, 9.17) is 0 Å². The van der Waals surface area contributed by atoms with Gasteiger partial charge in [-0.05, 0) is 0 Å². The van der Waals surface area contributed by atoms with Gasteiger partial charge >= 0.3 is 166 Å². The zero-order chi connectivity index (χ0) is 18.8. The minimum atomic E-state index is -2.56. The normalized spacial score (nSPS) is 14.8. The van der Waals surface area contributed by atoms with E-state index in [0.29, 0.717) is 0 Å². The molecule has 6 heteroatoms. The molecule has 0 fully saturated rings. The van der Waals surface area contributed by atoms with Crippen molar-refractivity contribution >= 4 is 26.9 Å². The van der Waals surface area contributed by atoms with Crippen molar-refractivity contribution in [3.8, 4) is 0 Å². The molecule has 0 aliphatic rings. The van der Waals surface area contributed by atoms with E-state index < -0.39 is 4.85 Å². The van der Waals surface area contributed by atoms with Crippen LogP contribution in [0.25, 0.3) is 0 Å². The standard InChI is InChI=1S/C18H44IN4P/c1-9-17-23(18-10-2)24(19,20(11-3)12-4,21(13-5)14-6)22(15-7)16-8/h9-18H2,1-8H3. The summed E-state index contributed by atoms with van der Waals surface area (Å²) in [6, 6.07) is 0. The van der Waals surface area contributed by atoms with Crippen LogP contribution in [0.1, 0.15) is 68.2 Å². The first-order chi connectivity index (χ1) is 11.4. The van der Waals surface area contributed by atoms with Crippen LogP contribution in [0.4, 0.5) is 0 Å². The molecule has 148 valence electrons. The van der Waals surface area contributed by atoms with Gasteiger partial charge in [0, 0.05) is 0 Å². The summed E-state index contributed by atoms with van der Waals surface area (Å²) in [5.41, 5.74) is 0. The van der Waals surface area contributed by atoms with E-state index >= 15 is 0 Å². The molecule has 0 aromatic carbocycles. The van der Waals surface area contributed by atoms with Gasteiger partial charge in [0.1, 0.15) is 0 Å². The van der Waals surface area contributed by atoms with Crippen molar-refractivity contribution in [3.63, 3.8) is 0 Å². The molecule has 0 heterocycles. The molecule has 0 aromatic rings. The van der Waals surface area contributed by atoms with Gasteiger partial charge in [-0.15, -0.1) is 0 Å². The molecule has 0 spiro atoms. The first-order valence-corrected chi connectivity index (χ1v) is 15.0. The summed E-state index contributed by atoms with van der Waals surface area (Å²) in [5.74, 6) is 0. The fourth-order valence-electron chi connectivity index (χ4n) is 4.18. The zero-order valence-electron chi connectivity index (χ0n) is 17.7. The topological polar surface area (TPSA) is 13.0 Å². The first kappa shape index (κ1) is 25.0. The predicted molar refractivity (Wildman–Crippen MR) is 122 cm³/mol. The second-order valence-corrected chi connectivity index (χ2v) is 15.3. The van der Waals surface area contributed by atoms with E-state index in [1.54, 1.807) is 0 Å². The van der Waals surface area contributed by atoms with Crippen molar-refractivity contribution in [2.45, 2.75) is 68.2 Å². The summed E-state index contributed by atoms with van der Waals surface area (Å²) in [4.78, 5) is -2.56. The number of nitrogens with zero attached hydrogens (tertiary/aromatic N) is 4. The van der Waals surface area contributed by atoms with E-state index in [2.05, 4.69) is 96.1 Å². The Hall–Kier alpha value is 1.00. The molecular weight excluding hydrogens is 430 g/mol. The Kier molecular flexibility index (Phi) is 12.1. The number of hydrogen-bond acceptors (Lipinski definition) is 4. The van der Waals surface area contributed by atoms with Crippen molar-refractivity contribution in [1.29, 1.82) is 0 Å². The number of rotatable bonds is 14. The van der Waals surface area contributed by atoms with Crippen molar-refractivity contribution in [2.75, 3.05) is 52.4 Å². The molecule has 0 radical (unpaired) electrons. The Morgan fingerprint density at radius 3 is 0.917 bits per heavy atom. The van der Waals surface area contributed by atoms with E-state index in [1.807, 2.05) is 0 Å². The van der Waals surface area contributed by atoms with Crippen molar-refractivity contribution in [3.05, 3.63) is 0 Å². The van der Waals surface area contributed by atoms with E-state index in [0.717, 1.165) is 39.3 Å². The molecular formula is C18H44IN4P. The van der Waals surface area contributed by atoms with Crippen molar-refractivity contribution in [2.24, 2.45) is 0 Å². The molecule has 0 N–H and O–H groups in total. The molecule has 0 atom stereocenters. The van der Waals surface area contributed by atoms with Gasteiger partial charge in [-0.1, -0.05) is 0 Å². The van der Waals surface area contributed by atoms with Gasteiger partial charge in [0.25, 0.3) is 0 Å². The Morgan fingerprint density at radius 1 is 0.500 bits per heavy atom. The van der Waals surface area contributed by atoms with Gasteiger partial charge in [-0.2, -0.15) is 0 Å². The van der Waals surface area contributed by atoms with Crippen LogP contribution in [0.3, 0.4) is 0 Å². The summed E-state index contributed by atoms with van der Waals surface area (Å²) in [5, 5.41) is 0. The van der Waals surface area contributed by atoms with Gasteiger partial charge in [0.2, 0.25) is 0 Å². The van der Waals surface area contributed by atoms with Crippen LogP contribution < -0.4 is 0 Å². The van der Waals surface area contributed by atoms with Crippen LogP contribution in [0.2, 0.25) is 0 Å². The van der Waals surface area contributed by atoms with Crippen LogP contribution in [0.15, 0.2) is 0 Å². The quantitative estimate of drug-likeness (QED) is 0.237. The van der Waals surface area contributed by atoms with Crippen LogP contribution in [-0.4, -0.2) is 71.0 Å². The van der Waals surface area contributed by atoms with Gasteiger partial charge in [0.15, 0.2) is 0 Å². The van der Waals surface area contributed by atoms with Gasteiger partial charge < -0.3 is 0 Å². The molecule has 0 unspecified atom stereocenters. The maximum absolute atomic E-state index is 2.94. The summed E-state index contributed by atoms with van der Waals surface area (Å²) >= 11 is 2.94. The van der Waals surface area contributed by atoms with Crippen molar-refractivity contribution < 1.29 is 0 Å². The third-order valence-electron chi connectivity index (χ3n) is 5.10. The van der Waals surface area contributed by atoms with Crippen LogP contribution in [0, 0.1) is 0 Å². The maximum atomic E-state index is 2.94. The van der Waals surface area contributed by atoms with E-state index in [9.17, 15) is 0 Å². The summed E-state index contributed by atoms with van der Waals surface area (Å²) in [6.45, 7) is 27.7. The van der Waals surface area contributed by atoms with Crippen molar-refractivity contribution in [1.82, 2.24) is 18.7 Å². The van der Waals surface area contributed by atoms with E-state index in [1.165, 1.54) is 25.9 Å². The van der Waals surface area contributed by atoms with Crippen LogP contribution in [-0.2, 0) is 0 Å². The third kappa shape index (κ3) is 4.28. The number of halogens is 1. The Labute approximate surface area is 165 Å². The predicted octanol–water partition coefficient (Wildman–Crippen LogP) is 5.70. The van der Waals surface area contributed by atoms with E-state index in [-0.39, 0.29) is 0 Å². The molecule has 0 saturated carbocycles. The average molecular weight is 474 g/mol. The second-order valence-electron chi connectivity index (χ2n) is 6.21. The van der Waals surface area contributed by atoms with Gasteiger partial charge in [-0.25, -0.2) is 0 Å². The summed E-state index contributed by atoms with van der Waals surface area (Å²) < 4.78 is 11.3. The zero-order valence-corrected chi connectivity index (χ0v) is 20.7. The Morgan fingerprint density at radius 2 is 0.750 bits per heavy atom. The van der Waals surface area contributed by atoms with Crippen LogP contribution in [0.5, 0.6) is 0 Å². The summed E-state index contributed by atoms with van der Waals surface area (Å²) in [6.07, 6.45) is 2.43. The van der Waals surface area contributed by atoms with Gasteiger partial charge in [0.05, 0.1) is 0 Å². The fourth-order valence-corrected chi connectivity index (χ4v) is 17.1. The Balaban J connectivity index is 6.71. The van der Waals surface area contributed by atoms with Gasteiger partial charge in [-0.3, -0.25) is 0 Å². The molecule has 0 aromatic heterocycles. The molecule has 0 aliphatic heterocycles. The number of hydrogen-bond donors (Lipinski definition) is 0. The fraction of sp³-hybridized carbons (Fsp3) is 1.00. The molecule has 0 rings (SSSR count). The average Bonchev–Trinajstić information content (AvgIpc) is 2.57. The van der Waals surface area contributed by atoms with Crippen LogP contribution >= 0.6 is 26.9 Å². The monoisotopic (exact) mass is 474 g/mol. The minimum absolute atomic E-state index is 1.11. The molecule has 24 heavy (non-hydrogen) atoms. The Bertz CT molecular complexity index is 291. The molecule has 0 amide bonds.